The summed E-state index contributed by atoms with van der Waals surface area (Å²) in [7, 11) is 0. The van der Waals surface area contributed by atoms with E-state index in [0.717, 1.165) is 26.2 Å². The predicted octanol–water partition coefficient (Wildman–Crippen LogP) is 2.39. The van der Waals surface area contributed by atoms with Gasteiger partial charge in [0.25, 0.3) is 0 Å². The number of piperidine rings is 2. The van der Waals surface area contributed by atoms with Gasteiger partial charge in [0.2, 0.25) is 0 Å². The molecule has 0 spiro atoms. The van der Waals surface area contributed by atoms with E-state index >= 15 is 0 Å². The van der Waals surface area contributed by atoms with E-state index in [1.54, 1.807) is 6.92 Å². The van der Waals surface area contributed by atoms with Crippen LogP contribution < -0.4 is 0 Å². The Morgan fingerprint density at radius 3 is 1.59 bits per heavy atom. The van der Waals surface area contributed by atoms with E-state index in [-0.39, 0.29) is 5.78 Å². The lowest BCUT2D eigenvalue weighted by Crippen LogP contribution is -2.41. The molecule has 0 saturated carbocycles. The van der Waals surface area contributed by atoms with Crippen molar-refractivity contribution in [3.63, 3.8) is 0 Å². The number of carbonyl (C=O) groups is 1. The summed E-state index contributed by atoms with van der Waals surface area (Å²) in [5.41, 5.74) is 0. The third-order valence-electron chi connectivity index (χ3n) is 3.69. The average Bonchev–Trinajstić information content (AvgIpc) is 2.38. The first-order valence-electron chi connectivity index (χ1n) is 6.99. The number of likely N-dealkylation sites (tertiary alicyclic amines) is 2. The van der Waals surface area contributed by atoms with Crippen LogP contribution >= 0.6 is 0 Å². The van der Waals surface area contributed by atoms with Gasteiger partial charge >= 0.3 is 0 Å². The summed E-state index contributed by atoms with van der Waals surface area (Å²) in [4.78, 5) is 16.2. The molecular weight excluding hydrogens is 212 g/mol. The Hall–Kier alpha value is -0.990. The van der Waals surface area contributed by atoms with Crippen molar-refractivity contribution in [2.75, 3.05) is 26.2 Å². The van der Waals surface area contributed by atoms with Crippen LogP contribution in [0.5, 0.6) is 0 Å². The van der Waals surface area contributed by atoms with Crippen LogP contribution in [0.15, 0.2) is 11.9 Å². The number of ketones is 1. The predicted molar refractivity (Wildman–Crippen MR) is 69.6 cm³/mol. The van der Waals surface area contributed by atoms with Crippen LogP contribution in [0.1, 0.15) is 45.4 Å². The number of nitrogens with zero attached hydrogens (tertiary/aromatic N) is 2. The van der Waals surface area contributed by atoms with Gasteiger partial charge in [-0.3, -0.25) is 4.79 Å². The van der Waals surface area contributed by atoms with Crippen molar-refractivity contribution >= 4 is 5.78 Å². The van der Waals surface area contributed by atoms with Crippen molar-refractivity contribution in [3.05, 3.63) is 11.9 Å². The molecule has 0 aromatic rings. The molecule has 2 aliphatic heterocycles. The number of rotatable bonds is 3. The average molecular weight is 236 g/mol. The largest absolute Gasteiger partial charge is 0.358 e. The number of hydrogen-bond donors (Lipinski definition) is 0. The highest BCUT2D eigenvalue weighted by atomic mass is 16.1. The second-order valence-corrected chi connectivity index (χ2v) is 5.21. The molecule has 96 valence electrons. The Morgan fingerprint density at radius 2 is 1.24 bits per heavy atom. The molecule has 0 N–H and O–H groups in total. The maximum Gasteiger partial charge on any atom is 0.156 e. The summed E-state index contributed by atoms with van der Waals surface area (Å²) in [6.07, 6.45) is 9.59. The lowest BCUT2D eigenvalue weighted by atomic mass is 10.1. The highest BCUT2D eigenvalue weighted by molar-refractivity contribution is 5.87. The molecule has 3 nitrogen and oxygen atoms in total. The topological polar surface area (TPSA) is 23.6 Å². The van der Waals surface area contributed by atoms with E-state index in [4.69, 9.17) is 0 Å². The number of hydrogen-bond acceptors (Lipinski definition) is 3. The Balaban J connectivity index is 2.08. The molecule has 0 atom stereocenters. The van der Waals surface area contributed by atoms with Gasteiger partial charge < -0.3 is 9.80 Å². The van der Waals surface area contributed by atoms with Crippen molar-refractivity contribution in [1.82, 2.24) is 9.80 Å². The standard InChI is InChI=1S/C14H24N2O/c1-13(17)12-14(15-8-4-2-5-9-15)16-10-6-3-7-11-16/h12H,2-11H2,1H3. The maximum absolute atomic E-state index is 11.4. The minimum absolute atomic E-state index is 0.177. The fourth-order valence-electron chi connectivity index (χ4n) is 2.81. The molecular formula is C14H24N2O. The zero-order chi connectivity index (χ0) is 12.1. The van der Waals surface area contributed by atoms with Crippen LogP contribution in [0.3, 0.4) is 0 Å². The van der Waals surface area contributed by atoms with Crippen LogP contribution in [0.2, 0.25) is 0 Å². The van der Waals surface area contributed by atoms with Crippen LogP contribution in [0.25, 0.3) is 0 Å². The minimum atomic E-state index is 0.177. The van der Waals surface area contributed by atoms with Crippen molar-refractivity contribution in [1.29, 1.82) is 0 Å². The second-order valence-electron chi connectivity index (χ2n) is 5.21. The highest BCUT2D eigenvalue weighted by Gasteiger charge is 2.20. The molecule has 2 rings (SSSR count). The fraction of sp³-hybridized carbons (Fsp3) is 0.786. The molecule has 2 fully saturated rings. The lowest BCUT2D eigenvalue weighted by Gasteiger charge is -2.39. The van der Waals surface area contributed by atoms with Crippen molar-refractivity contribution in [2.45, 2.75) is 45.4 Å². The first-order valence-corrected chi connectivity index (χ1v) is 6.99. The molecule has 17 heavy (non-hydrogen) atoms. The van der Waals surface area contributed by atoms with E-state index in [2.05, 4.69) is 9.80 Å². The quantitative estimate of drug-likeness (QED) is 0.703. The SMILES string of the molecule is CC(=O)C=C(N1CCCCC1)N1CCCCC1. The van der Waals surface area contributed by atoms with Gasteiger partial charge in [-0.2, -0.15) is 0 Å². The Kier molecular flexibility index (Phi) is 4.46. The van der Waals surface area contributed by atoms with Crippen LogP contribution in [-0.4, -0.2) is 41.8 Å². The normalized spacial score (nSPS) is 21.2. The molecule has 3 heteroatoms. The Labute approximate surface area is 104 Å². The highest BCUT2D eigenvalue weighted by Crippen LogP contribution is 2.21. The van der Waals surface area contributed by atoms with Crippen molar-refractivity contribution in [2.24, 2.45) is 0 Å². The molecule has 0 aromatic heterocycles. The van der Waals surface area contributed by atoms with Crippen molar-refractivity contribution in [3.8, 4) is 0 Å². The molecule has 0 amide bonds. The fourth-order valence-corrected chi connectivity index (χ4v) is 2.81. The number of carbonyl (C=O) groups excluding carboxylic acids is 1. The van der Waals surface area contributed by atoms with Gasteiger partial charge in [0, 0.05) is 32.3 Å². The molecule has 0 aromatic carbocycles. The van der Waals surface area contributed by atoms with Crippen LogP contribution in [0, 0.1) is 0 Å². The van der Waals surface area contributed by atoms with Gasteiger partial charge in [-0.15, -0.1) is 0 Å². The summed E-state index contributed by atoms with van der Waals surface area (Å²) in [5.74, 6) is 1.37. The third-order valence-corrected chi connectivity index (χ3v) is 3.69. The summed E-state index contributed by atoms with van der Waals surface area (Å²) in [6, 6.07) is 0. The minimum Gasteiger partial charge on any atom is -0.358 e. The first-order chi connectivity index (χ1) is 8.27. The van der Waals surface area contributed by atoms with Gasteiger partial charge in [0.05, 0.1) is 0 Å². The molecule has 2 heterocycles. The Bertz CT molecular complexity index is 267. The summed E-state index contributed by atoms with van der Waals surface area (Å²) >= 11 is 0. The molecule has 2 aliphatic rings. The number of allylic oxidation sites excluding steroid dienone is 1. The Morgan fingerprint density at radius 1 is 0.824 bits per heavy atom. The van der Waals surface area contributed by atoms with Gasteiger partial charge in [-0.1, -0.05) is 0 Å². The lowest BCUT2D eigenvalue weighted by molar-refractivity contribution is -0.112. The summed E-state index contributed by atoms with van der Waals surface area (Å²) in [6.45, 7) is 6.14. The monoisotopic (exact) mass is 236 g/mol. The van der Waals surface area contributed by atoms with E-state index in [0.29, 0.717) is 0 Å². The second kappa shape index (κ2) is 6.08. The summed E-state index contributed by atoms with van der Waals surface area (Å²) in [5, 5.41) is 0. The van der Waals surface area contributed by atoms with E-state index in [1.807, 2.05) is 6.08 Å². The zero-order valence-electron chi connectivity index (χ0n) is 11.0. The van der Waals surface area contributed by atoms with Crippen LogP contribution in [-0.2, 0) is 4.79 Å². The van der Waals surface area contributed by atoms with Crippen molar-refractivity contribution < 1.29 is 4.79 Å². The van der Waals surface area contributed by atoms with Crippen LogP contribution in [0.4, 0.5) is 0 Å². The van der Waals surface area contributed by atoms with E-state index in [9.17, 15) is 4.79 Å². The van der Waals surface area contributed by atoms with Gasteiger partial charge in [0.1, 0.15) is 5.82 Å². The van der Waals surface area contributed by atoms with Gasteiger partial charge in [0.15, 0.2) is 5.78 Å². The van der Waals surface area contributed by atoms with E-state index in [1.165, 1.54) is 44.3 Å². The smallest absolute Gasteiger partial charge is 0.156 e. The zero-order valence-corrected chi connectivity index (χ0v) is 11.0. The molecule has 0 radical (unpaired) electrons. The molecule has 2 saturated heterocycles. The third kappa shape index (κ3) is 3.48. The summed E-state index contributed by atoms with van der Waals surface area (Å²) < 4.78 is 0. The van der Waals surface area contributed by atoms with Gasteiger partial charge in [-0.25, -0.2) is 0 Å². The molecule has 0 bridgehead atoms. The molecule has 0 unspecified atom stereocenters. The van der Waals surface area contributed by atoms with E-state index < -0.39 is 0 Å². The van der Waals surface area contributed by atoms with Gasteiger partial charge in [-0.05, 0) is 45.4 Å². The first kappa shape index (κ1) is 12.5. The molecule has 0 aliphatic carbocycles. The maximum atomic E-state index is 11.4.